The summed E-state index contributed by atoms with van der Waals surface area (Å²) >= 11 is 0. The van der Waals surface area contributed by atoms with E-state index in [-0.39, 0.29) is 31.0 Å². The number of hydrogen-bond donors (Lipinski definition) is 2. The van der Waals surface area contributed by atoms with E-state index in [1.54, 1.807) is 0 Å². The molecule has 0 atom stereocenters. The van der Waals surface area contributed by atoms with E-state index in [1.807, 2.05) is 0 Å². The molecule has 0 bridgehead atoms. The molecule has 0 aliphatic carbocycles. The minimum absolute atomic E-state index is 0.0222. The molecular formula is C12H15NO5S. The lowest BCUT2D eigenvalue weighted by molar-refractivity contribution is -0.142. The predicted molar refractivity (Wildman–Crippen MR) is 68.5 cm³/mol. The molecule has 1 heterocycles. The molecule has 2 rings (SSSR count). The average molecular weight is 285 g/mol. The molecule has 0 saturated carbocycles. The molecule has 104 valence electrons. The zero-order valence-electron chi connectivity index (χ0n) is 10.2. The Morgan fingerprint density at radius 3 is 2.21 bits per heavy atom. The van der Waals surface area contributed by atoms with Crippen molar-refractivity contribution in [3.05, 3.63) is 24.3 Å². The second-order valence-corrected chi connectivity index (χ2v) is 6.74. The van der Waals surface area contributed by atoms with Gasteiger partial charge in [0.2, 0.25) is 0 Å². The number of carboxylic acid groups (broad SMARTS) is 1. The second-order valence-electron chi connectivity index (χ2n) is 4.48. The molecule has 1 fully saturated rings. The Hall–Kier alpha value is -1.60. The van der Waals surface area contributed by atoms with Gasteiger partial charge in [-0.15, -0.1) is 0 Å². The molecule has 0 radical (unpaired) electrons. The summed E-state index contributed by atoms with van der Waals surface area (Å²) in [6, 6.07) is 5.57. The first-order valence-corrected chi connectivity index (χ1v) is 7.30. The predicted octanol–water partition coefficient (Wildman–Crippen LogP) is 0.676. The molecule has 0 spiro atoms. The summed E-state index contributed by atoms with van der Waals surface area (Å²) in [5, 5.41) is 9.38. The third-order valence-electron chi connectivity index (χ3n) is 3.40. The third kappa shape index (κ3) is 2.19. The monoisotopic (exact) mass is 285 g/mol. The van der Waals surface area contributed by atoms with Gasteiger partial charge in [0.1, 0.15) is 0 Å². The van der Waals surface area contributed by atoms with Gasteiger partial charge in [0.05, 0.1) is 4.90 Å². The Bertz CT molecular complexity index is 573. The van der Waals surface area contributed by atoms with Crippen molar-refractivity contribution in [2.45, 2.75) is 22.5 Å². The molecule has 1 saturated heterocycles. The van der Waals surface area contributed by atoms with Gasteiger partial charge < -0.3 is 15.6 Å². The molecule has 1 aromatic rings. The fraction of sp³-hybridized carbons (Fsp3) is 0.417. The van der Waals surface area contributed by atoms with E-state index >= 15 is 0 Å². The van der Waals surface area contributed by atoms with Gasteiger partial charge >= 0.3 is 5.97 Å². The fourth-order valence-electron chi connectivity index (χ4n) is 2.17. The smallest absolute Gasteiger partial charge is 0.325 e. The quantitative estimate of drug-likeness (QED) is 0.791. The van der Waals surface area contributed by atoms with Gasteiger partial charge in [0.25, 0.3) is 0 Å². The number of rotatable bonds is 3. The number of carbonyl (C=O) groups is 1. The molecular weight excluding hydrogens is 270 g/mol. The summed E-state index contributed by atoms with van der Waals surface area (Å²) in [7, 11) is -3.97. The highest BCUT2D eigenvalue weighted by atomic mass is 32.2. The number of aliphatic carboxylic acids is 1. The SMILES string of the molecule is Nc1ccc(S(=O)(=O)C2(C(=O)O)CCOCC2)cc1. The molecule has 0 amide bonds. The molecule has 6 nitrogen and oxygen atoms in total. The average Bonchev–Trinajstić information content (AvgIpc) is 2.39. The zero-order valence-corrected chi connectivity index (χ0v) is 11.0. The highest BCUT2D eigenvalue weighted by molar-refractivity contribution is 7.93. The molecule has 0 aromatic heterocycles. The van der Waals surface area contributed by atoms with E-state index in [2.05, 4.69) is 0 Å². The van der Waals surface area contributed by atoms with E-state index in [4.69, 9.17) is 10.5 Å². The Kier molecular flexibility index (Phi) is 3.51. The number of anilines is 1. The topological polar surface area (TPSA) is 107 Å². The van der Waals surface area contributed by atoms with Crippen LogP contribution in [0.3, 0.4) is 0 Å². The van der Waals surface area contributed by atoms with Crippen molar-refractivity contribution < 1.29 is 23.1 Å². The van der Waals surface area contributed by atoms with Gasteiger partial charge in [-0.3, -0.25) is 4.79 Å². The van der Waals surface area contributed by atoms with E-state index in [0.29, 0.717) is 5.69 Å². The van der Waals surface area contributed by atoms with Gasteiger partial charge in [-0.2, -0.15) is 0 Å². The molecule has 1 aromatic carbocycles. The van der Waals surface area contributed by atoms with Crippen molar-refractivity contribution >= 4 is 21.5 Å². The van der Waals surface area contributed by atoms with Crippen LogP contribution in [0.5, 0.6) is 0 Å². The highest BCUT2D eigenvalue weighted by Gasteiger charge is 2.52. The maximum absolute atomic E-state index is 12.6. The number of nitrogen functional groups attached to an aromatic ring is 1. The van der Waals surface area contributed by atoms with E-state index in [1.165, 1.54) is 24.3 Å². The van der Waals surface area contributed by atoms with E-state index < -0.39 is 20.6 Å². The minimum atomic E-state index is -3.97. The first-order valence-electron chi connectivity index (χ1n) is 5.81. The van der Waals surface area contributed by atoms with Crippen molar-refractivity contribution in [3.8, 4) is 0 Å². The Labute approximate surface area is 111 Å². The molecule has 19 heavy (non-hydrogen) atoms. The maximum atomic E-state index is 12.6. The first kappa shape index (κ1) is 13.8. The fourth-order valence-corrected chi connectivity index (χ4v) is 4.05. The van der Waals surface area contributed by atoms with Crippen LogP contribution in [0.15, 0.2) is 29.2 Å². The van der Waals surface area contributed by atoms with Gasteiger partial charge in [-0.05, 0) is 24.3 Å². The second kappa shape index (κ2) is 4.82. The van der Waals surface area contributed by atoms with Crippen LogP contribution < -0.4 is 5.73 Å². The number of benzene rings is 1. The molecule has 0 unspecified atom stereocenters. The standard InChI is InChI=1S/C12H15NO5S/c13-9-1-3-10(4-2-9)19(16,17)12(11(14)15)5-7-18-8-6-12/h1-4H,5-8,13H2,(H,14,15). The van der Waals surface area contributed by atoms with E-state index in [9.17, 15) is 18.3 Å². The molecule has 1 aliphatic heterocycles. The lowest BCUT2D eigenvalue weighted by atomic mass is 9.99. The number of sulfone groups is 1. The molecule has 7 heteroatoms. The van der Waals surface area contributed by atoms with Crippen molar-refractivity contribution in [2.24, 2.45) is 0 Å². The van der Waals surface area contributed by atoms with Crippen LogP contribution in [-0.2, 0) is 19.4 Å². The van der Waals surface area contributed by atoms with Gasteiger partial charge in [0.15, 0.2) is 14.6 Å². The van der Waals surface area contributed by atoms with Crippen molar-refractivity contribution in [1.82, 2.24) is 0 Å². The Morgan fingerprint density at radius 1 is 1.21 bits per heavy atom. The van der Waals surface area contributed by atoms with Crippen molar-refractivity contribution in [3.63, 3.8) is 0 Å². The van der Waals surface area contributed by atoms with Crippen LogP contribution in [0.2, 0.25) is 0 Å². The van der Waals surface area contributed by atoms with Crippen LogP contribution in [0.25, 0.3) is 0 Å². The molecule has 1 aliphatic rings. The number of nitrogens with two attached hydrogens (primary N) is 1. The minimum Gasteiger partial charge on any atom is -0.480 e. The van der Waals surface area contributed by atoms with Crippen molar-refractivity contribution in [2.75, 3.05) is 18.9 Å². The highest BCUT2D eigenvalue weighted by Crippen LogP contribution is 2.35. The summed E-state index contributed by atoms with van der Waals surface area (Å²) < 4.78 is 28.4. The van der Waals surface area contributed by atoms with Gasteiger partial charge in [-0.1, -0.05) is 0 Å². The van der Waals surface area contributed by atoms with Gasteiger partial charge in [-0.25, -0.2) is 8.42 Å². The van der Waals surface area contributed by atoms with Crippen LogP contribution in [0.4, 0.5) is 5.69 Å². The summed E-state index contributed by atoms with van der Waals surface area (Å²) in [4.78, 5) is 11.5. The normalized spacial score (nSPS) is 18.9. The number of hydrogen-bond acceptors (Lipinski definition) is 5. The van der Waals surface area contributed by atoms with Crippen LogP contribution in [0.1, 0.15) is 12.8 Å². The largest absolute Gasteiger partial charge is 0.480 e. The summed E-state index contributed by atoms with van der Waals surface area (Å²) in [5.74, 6) is -1.33. The summed E-state index contributed by atoms with van der Waals surface area (Å²) in [6.07, 6.45) is -0.0932. The summed E-state index contributed by atoms with van der Waals surface area (Å²) in [5.41, 5.74) is 5.94. The zero-order chi connectivity index (χ0) is 14.1. The van der Waals surface area contributed by atoms with Crippen molar-refractivity contribution in [1.29, 1.82) is 0 Å². The van der Waals surface area contributed by atoms with Crippen LogP contribution in [0, 0.1) is 0 Å². The van der Waals surface area contributed by atoms with Crippen LogP contribution in [-0.4, -0.2) is 37.5 Å². The first-order chi connectivity index (χ1) is 8.90. The summed E-state index contributed by atoms with van der Waals surface area (Å²) in [6.45, 7) is 0.251. The Balaban J connectivity index is 2.51. The maximum Gasteiger partial charge on any atom is 0.325 e. The number of carboxylic acids is 1. The third-order valence-corrected chi connectivity index (χ3v) is 5.90. The van der Waals surface area contributed by atoms with Crippen LogP contribution >= 0.6 is 0 Å². The Morgan fingerprint density at radius 2 is 1.74 bits per heavy atom. The van der Waals surface area contributed by atoms with Gasteiger partial charge in [0, 0.05) is 31.7 Å². The molecule has 3 N–H and O–H groups in total. The number of ether oxygens (including phenoxy) is 1. The van der Waals surface area contributed by atoms with E-state index in [0.717, 1.165) is 0 Å². The lowest BCUT2D eigenvalue weighted by Gasteiger charge is -2.32. The lowest BCUT2D eigenvalue weighted by Crippen LogP contribution is -2.50.